The first kappa shape index (κ1) is 18.8. The molecule has 0 aliphatic rings. The van der Waals surface area contributed by atoms with Gasteiger partial charge in [-0.05, 0) is 44.5 Å². The van der Waals surface area contributed by atoms with Gasteiger partial charge in [0.05, 0.1) is 31.4 Å². The van der Waals surface area contributed by atoms with Crippen molar-refractivity contribution in [1.29, 1.82) is 0 Å². The van der Waals surface area contributed by atoms with Gasteiger partial charge in [-0.3, -0.25) is 0 Å². The molecule has 0 saturated carbocycles. The Morgan fingerprint density at radius 2 is 1.96 bits per heavy atom. The van der Waals surface area contributed by atoms with Crippen LogP contribution in [0.15, 0.2) is 30.7 Å². The minimum absolute atomic E-state index is 0.144. The van der Waals surface area contributed by atoms with E-state index in [9.17, 15) is 0 Å². The van der Waals surface area contributed by atoms with Crippen molar-refractivity contribution in [2.24, 2.45) is 0 Å². The highest BCUT2D eigenvalue weighted by molar-refractivity contribution is 5.61. The Balaban J connectivity index is 1.89. The fourth-order valence-corrected chi connectivity index (χ4v) is 2.75. The van der Waals surface area contributed by atoms with Gasteiger partial charge in [-0.1, -0.05) is 0 Å². The Morgan fingerprint density at radius 1 is 1.15 bits per heavy atom. The van der Waals surface area contributed by atoms with Crippen molar-refractivity contribution in [1.82, 2.24) is 24.7 Å². The van der Waals surface area contributed by atoms with Crippen molar-refractivity contribution in [2.45, 2.75) is 26.8 Å². The molecule has 0 radical (unpaired) electrons. The molecule has 3 aromatic rings. The summed E-state index contributed by atoms with van der Waals surface area (Å²) in [4.78, 5) is 8.84. The van der Waals surface area contributed by atoms with Gasteiger partial charge in [0.25, 0.3) is 0 Å². The van der Waals surface area contributed by atoms with Gasteiger partial charge in [0, 0.05) is 19.3 Å². The lowest BCUT2D eigenvalue weighted by Gasteiger charge is -2.15. The molecule has 1 atom stereocenters. The van der Waals surface area contributed by atoms with Crippen LogP contribution in [0.4, 0.5) is 5.82 Å². The monoisotopic (exact) mass is 368 g/mol. The minimum atomic E-state index is 0.144. The number of hydrogen-bond acceptors (Lipinski definition) is 7. The number of ether oxygens (including phenoxy) is 2. The molecule has 0 fully saturated rings. The topological polar surface area (TPSA) is 87.0 Å². The zero-order chi connectivity index (χ0) is 19.4. The molecule has 142 valence electrons. The fraction of sp³-hybridized carbons (Fsp3) is 0.368. The maximum absolute atomic E-state index is 5.47. The summed E-state index contributed by atoms with van der Waals surface area (Å²) >= 11 is 0. The van der Waals surface area contributed by atoms with Crippen molar-refractivity contribution in [3.8, 4) is 23.0 Å². The maximum atomic E-state index is 5.47. The van der Waals surface area contributed by atoms with E-state index in [0.29, 0.717) is 23.9 Å². The van der Waals surface area contributed by atoms with Crippen molar-refractivity contribution in [2.75, 3.05) is 26.1 Å². The third kappa shape index (κ3) is 4.22. The number of nitrogens with one attached hydrogen (secondary N) is 1. The second kappa shape index (κ2) is 8.13. The van der Waals surface area contributed by atoms with E-state index in [-0.39, 0.29) is 6.04 Å². The van der Waals surface area contributed by atoms with Crippen LogP contribution < -0.4 is 10.1 Å². The molecule has 3 aromatic heterocycles. The molecule has 8 nitrogen and oxygen atoms in total. The number of imidazole rings is 1. The highest BCUT2D eigenvalue weighted by Gasteiger charge is 2.13. The minimum Gasteiger partial charge on any atom is -0.479 e. The van der Waals surface area contributed by atoms with E-state index in [1.54, 1.807) is 20.5 Å². The summed E-state index contributed by atoms with van der Waals surface area (Å²) in [5.74, 6) is 1.24. The molecule has 0 aromatic carbocycles. The van der Waals surface area contributed by atoms with Crippen molar-refractivity contribution in [3.05, 3.63) is 42.0 Å². The number of hydrogen-bond donors (Lipinski definition) is 1. The van der Waals surface area contributed by atoms with Gasteiger partial charge >= 0.3 is 0 Å². The lowest BCUT2D eigenvalue weighted by atomic mass is 10.2. The average Bonchev–Trinajstić information content (AvgIpc) is 3.09. The molecular formula is C19H24N6O2. The van der Waals surface area contributed by atoms with Crippen LogP contribution in [0, 0.1) is 13.8 Å². The first-order valence-electron chi connectivity index (χ1n) is 8.68. The standard InChI is InChI=1S/C19H24N6O2/c1-12-8-16(23-24-18(12)21-14(3)10-26-4)15-6-7-17(19(22-15)27-5)25-9-13(2)20-11-25/h6-9,11,14H,10H2,1-5H3,(H,21,24)/t14-/m0/s1. The quantitative estimate of drug-likeness (QED) is 0.686. The first-order valence-corrected chi connectivity index (χ1v) is 8.68. The second-order valence-electron chi connectivity index (χ2n) is 6.41. The van der Waals surface area contributed by atoms with E-state index in [4.69, 9.17) is 9.47 Å². The Morgan fingerprint density at radius 3 is 2.59 bits per heavy atom. The molecule has 27 heavy (non-hydrogen) atoms. The van der Waals surface area contributed by atoms with Crippen LogP contribution in [0.2, 0.25) is 0 Å². The zero-order valence-corrected chi connectivity index (χ0v) is 16.2. The Hall–Kier alpha value is -3.00. The molecule has 3 heterocycles. The lowest BCUT2D eigenvalue weighted by molar-refractivity contribution is 0.190. The smallest absolute Gasteiger partial charge is 0.238 e. The summed E-state index contributed by atoms with van der Waals surface area (Å²) in [6.45, 7) is 6.55. The fourth-order valence-electron chi connectivity index (χ4n) is 2.75. The third-order valence-corrected chi connectivity index (χ3v) is 4.07. The van der Waals surface area contributed by atoms with E-state index in [1.165, 1.54) is 0 Å². The molecule has 0 saturated heterocycles. The van der Waals surface area contributed by atoms with Crippen LogP contribution in [0.5, 0.6) is 5.88 Å². The molecular weight excluding hydrogens is 344 g/mol. The van der Waals surface area contributed by atoms with E-state index < -0.39 is 0 Å². The molecule has 1 N–H and O–H groups in total. The maximum Gasteiger partial charge on any atom is 0.238 e. The number of nitrogens with zero attached hydrogens (tertiary/aromatic N) is 5. The molecule has 3 rings (SSSR count). The molecule has 0 amide bonds. The first-order chi connectivity index (χ1) is 13.0. The highest BCUT2D eigenvalue weighted by atomic mass is 16.5. The number of pyridine rings is 1. The van der Waals surface area contributed by atoms with Crippen LogP contribution in [0.3, 0.4) is 0 Å². The number of aromatic nitrogens is 5. The molecule has 0 unspecified atom stereocenters. The summed E-state index contributed by atoms with van der Waals surface area (Å²) in [7, 11) is 3.27. The molecule has 0 aliphatic heterocycles. The van der Waals surface area contributed by atoms with E-state index in [2.05, 4.69) is 25.5 Å². The van der Waals surface area contributed by atoms with Gasteiger partial charge in [-0.2, -0.15) is 0 Å². The Labute approximate surface area is 158 Å². The SMILES string of the molecule is COC[C@H](C)Nc1nnc(-c2ccc(-n3cnc(C)c3)c(OC)n2)cc1C. The molecule has 0 bridgehead atoms. The van der Waals surface area contributed by atoms with Crippen molar-refractivity contribution in [3.63, 3.8) is 0 Å². The van der Waals surface area contributed by atoms with Gasteiger partial charge < -0.3 is 19.4 Å². The van der Waals surface area contributed by atoms with Gasteiger partial charge in [0.1, 0.15) is 11.4 Å². The van der Waals surface area contributed by atoms with E-state index in [0.717, 1.165) is 22.8 Å². The second-order valence-corrected chi connectivity index (χ2v) is 6.41. The number of anilines is 1. The summed E-state index contributed by atoms with van der Waals surface area (Å²) in [6.07, 6.45) is 3.66. The van der Waals surface area contributed by atoms with Crippen molar-refractivity contribution < 1.29 is 9.47 Å². The Bertz CT molecular complexity index is 924. The largest absolute Gasteiger partial charge is 0.479 e. The number of methoxy groups -OCH3 is 2. The summed E-state index contributed by atoms with van der Waals surface area (Å²) in [5, 5.41) is 11.9. The average molecular weight is 368 g/mol. The van der Waals surface area contributed by atoms with Crippen LogP contribution in [-0.4, -0.2) is 51.6 Å². The molecule has 0 aliphatic carbocycles. The van der Waals surface area contributed by atoms with E-state index in [1.807, 2.05) is 49.7 Å². The van der Waals surface area contributed by atoms with Gasteiger partial charge in [-0.25, -0.2) is 9.97 Å². The third-order valence-electron chi connectivity index (χ3n) is 4.07. The predicted molar refractivity (Wildman–Crippen MR) is 103 cm³/mol. The van der Waals surface area contributed by atoms with Crippen LogP contribution in [0.1, 0.15) is 18.2 Å². The summed E-state index contributed by atoms with van der Waals surface area (Å²) in [6, 6.07) is 5.94. The van der Waals surface area contributed by atoms with Gasteiger partial charge in [-0.15, -0.1) is 10.2 Å². The number of aryl methyl sites for hydroxylation is 2. The van der Waals surface area contributed by atoms with E-state index >= 15 is 0 Å². The van der Waals surface area contributed by atoms with Crippen LogP contribution >= 0.6 is 0 Å². The van der Waals surface area contributed by atoms with Gasteiger partial charge in [0.2, 0.25) is 5.88 Å². The van der Waals surface area contributed by atoms with Crippen LogP contribution in [-0.2, 0) is 4.74 Å². The summed E-state index contributed by atoms with van der Waals surface area (Å²) in [5.41, 5.74) is 4.10. The highest BCUT2D eigenvalue weighted by Crippen LogP contribution is 2.26. The van der Waals surface area contributed by atoms with Gasteiger partial charge in [0.15, 0.2) is 5.82 Å². The normalized spacial score (nSPS) is 12.0. The predicted octanol–water partition coefficient (Wildman–Crippen LogP) is 2.80. The number of rotatable bonds is 7. The lowest BCUT2D eigenvalue weighted by Crippen LogP contribution is -2.22. The molecule has 8 heteroatoms. The summed E-state index contributed by atoms with van der Waals surface area (Å²) < 4.78 is 12.5. The van der Waals surface area contributed by atoms with Crippen molar-refractivity contribution >= 4 is 5.82 Å². The zero-order valence-electron chi connectivity index (χ0n) is 16.2. The van der Waals surface area contributed by atoms with Crippen LogP contribution in [0.25, 0.3) is 17.1 Å². The molecule has 0 spiro atoms. The Kier molecular flexibility index (Phi) is 5.66.